The molecule has 1 aromatic carbocycles. The first-order valence-corrected chi connectivity index (χ1v) is 4.41. The van der Waals surface area contributed by atoms with E-state index in [2.05, 4.69) is 5.32 Å². The van der Waals surface area contributed by atoms with Crippen LogP contribution in [0.25, 0.3) is 0 Å². The van der Waals surface area contributed by atoms with E-state index < -0.39 is 11.7 Å². The zero-order chi connectivity index (χ0) is 11.3. The van der Waals surface area contributed by atoms with Crippen LogP contribution in [-0.4, -0.2) is 11.7 Å². The number of hydrogen-bond donors (Lipinski definition) is 1. The van der Waals surface area contributed by atoms with Crippen LogP contribution in [0, 0.1) is 11.3 Å². The molecule has 15 heavy (non-hydrogen) atoms. The molecule has 0 atom stereocenters. The maximum atomic E-state index is 10.9. The van der Waals surface area contributed by atoms with Gasteiger partial charge in [0.05, 0.1) is 11.6 Å². The Kier molecular flexibility index (Phi) is 3.58. The highest BCUT2D eigenvalue weighted by Crippen LogP contribution is 2.02. The summed E-state index contributed by atoms with van der Waals surface area (Å²) in [4.78, 5) is 21.5. The molecule has 4 heteroatoms. The van der Waals surface area contributed by atoms with Crippen LogP contribution in [0.15, 0.2) is 24.3 Å². The second kappa shape index (κ2) is 4.91. The number of nitrogens with zero attached hydrogens (tertiary/aromatic N) is 1. The van der Waals surface area contributed by atoms with Crippen LogP contribution >= 0.6 is 0 Å². The summed E-state index contributed by atoms with van der Waals surface area (Å²) in [6.07, 6.45) is 0. The standard InChI is InChI=1S/C11H10N2O2/c1-8(14)11(15)13-7-10-4-2-9(6-12)3-5-10/h2-5H,7H2,1H3,(H,13,15). The molecule has 1 amide bonds. The number of benzene rings is 1. The number of hydrogen-bond acceptors (Lipinski definition) is 3. The van der Waals surface area contributed by atoms with Gasteiger partial charge in [0, 0.05) is 13.5 Å². The van der Waals surface area contributed by atoms with Crippen LogP contribution in [-0.2, 0) is 16.1 Å². The number of nitrogens with one attached hydrogen (secondary N) is 1. The van der Waals surface area contributed by atoms with Crippen LogP contribution in [0.4, 0.5) is 0 Å². The molecular weight excluding hydrogens is 192 g/mol. The van der Waals surface area contributed by atoms with E-state index in [1.165, 1.54) is 6.92 Å². The van der Waals surface area contributed by atoms with Gasteiger partial charge in [0.1, 0.15) is 0 Å². The topological polar surface area (TPSA) is 70.0 Å². The minimum Gasteiger partial charge on any atom is -0.345 e. The molecular formula is C11H10N2O2. The number of nitriles is 1. The van der Waals surface area contributed by atoms with Crippen LogP contribution in [0.1, 0.15) is 18.1 Å². The third-order valence-corrected chi connectivity index (χ3v) is 1.86. The lowest BCUT2D eigenvalue weighted by atomic mass is 10.1. The molecule has 0 aliphatic carbocycles. The molecule has 0 saturated heterocycles. The Morgan fingerprint density at radius 1 is 1.33 bits per heavy atom. The highest BCUT2D eigenvalue weighted by atomic mass is 16.2. The maximum Gasteiger partial charge on any atom is 0.287 e. The van der Waals surface area contributed by atoms with Crippen molar-refractivity contribution < 1.29 is 9.59 Å². The highest BCUT2D eigenvalue weighted by Gasteiger charge is 2.05. The van der Waals surface area contributed by atoms with E-state index in [-0.39, 0.29) is 0 Å². The average Bonchev–Trinajstić information content (AvgIpc) is 2.26. The normalized spacial score (nSPS) is 9.07. The van der Waals surface area contributed by atoms with Crippen LogP contribution in [0.5, 0.6) is 0 Å². The van der Waals surface area contributed by atoms with Gasteiger partial charge in [-0.25, -0.2) is 0 Å². The number of carbonyl (C=O) groups is 2. The van der Waals surface area contributed by atoms with E-state index in [1.807, 2.05) is 6.07 Å². The number of ketones is 1. The second-order valence-corrected chi connectivity index (χ2v) is 3.05. The fourth-order valence-electron chi connectivity index (χ4n) is 1.00. The van der Waals surface area contributed by atoms with Gasteiger partial charge in [-0.15, -0.1) is 0 Å². The molecule has 1 rings (SSSR count). The van der Waals surface area contributed by atoms with Gasteiger partial charge in [-0.3, -0.25) is 9.59 Å². The third kappa shape index (κ3) is 3.24. The van der Waals surface area contributed by atoms with Gasteiger partial charge in [0.15, 0.2) is 0 Å². The molecule has 1 aromatic rings. The minimum absolute atomic E-state index is 0.296. The fraction of sp³-hybridized carbons (Fsp3) is 0.182. The number of amides is 1. The zero-order valence-electron chi connectivity index (χ0n) is 8.28. The van der Waals surface area contributed by atoms with E-state index in [0.717, 1.165) is 5.56 Å². The molecule has 0 aliphatic heterocycles. The van der Waals surface area contributed by atoms with Crippen molar-refractivity contribution >= 4 is 11.7 Å². The monoisotopic (exact) mass is 202 g/mol. The van der Waals surface area contributed by atoms with Crippen molar-refractivity contribution in [1.29, 1.82) is 5.26 Å². The predicted octanol–water partition coefficient (Wildman–Crippen LogP) is 0.763. The average molecular weight is 202 g/mol. The second-order valence-electron chi connectivity index (χ2n) is 3.05. The van der Waals surface area contributed by atoms with Crippen molar-refractivity contribution in [3.8, 4) is 6.07 Å². The van der Waals surface area contributed by atoms with Crippen molar-refractivity contribution in [3.05, 3.63) is 35.4 Å². The SMILES string of the molecule is CC(=O)C(=O)NCc1ccc(C#N)cc1. The Hall–Kier alpha value is -2.15. The Morgan fingerprint density at radius 3 is 2.40 bits per heavy atom. The fourth-order valence-corrected chi connectivity index (χ4v) is 1.00. The van der Waals surface area contributed by atoms with Gasteiger partial charge in [-0.1, -0.05) is 12.1 Å². The number of rotatable bonds is 3. The minimum atomic E-state index is -0.598. The quantitative estimate of drug-likeness (QED) is 0.736. The summed E-state index contributed by atoms with van der Waals surface area (Å²) in [7, 11) is 0. The highest BCUT2D eigenvalue weighted by molar-refractivity contribution is 6.35. The van der Waals surface area contributed by atoms with Gasteiger partial charge in [-0.2, -0.15) is 5.26 Å². The van der Waals surface area contributed by atoms with Crippen LogP contribution < -0.4 is 5.32 Å². The van der Waals surface area contributed by atoms with Gasteiger partial charge >= 0.3 is 0 Å². The predicted molar refractivity (Wildman–Crippen MR) is 53.7 cm³/mol. The van der Waals surface area contributed by atoms with E-state index in [4.69, 9.17) is 5.26 Å². The van der Waals surface area contributed by atoms with E-state index >= 15 is 0 Å². The third-order valence-electron chi connectivity index (χ3n) is 1.86. The van der Waals surface area contributed by atoms with Crippen LogP contribution in [0.3, 0.4) is 0 Å². The summed E-state index contributed by atoms with van der Waals surface area (Å²) < 4.78 is 0. The first-order chi connectivity index (χ1) is 7.13. The number of Topliss-reactive ketones (excluding diaryl/α,β-unsaturated/α-hetero) is 1. The smallest absolute Gasteiger partial charge is 0.287 e. The summed E-state index contributed by atoms with van der Waals surface area (Å²) in [6, 6.07) is 8.79. The zero-order valence-corrected chi connectivity index (χ0v) is 8.28. The lowest BCUT2D eigenvalue weighted by Crippen LogP contribution is -2.28. The summed E-state index contributed by atoms with van der Waals surface area (Å²) in [6.45, 7) is 1.51. The van der Waals surface area contributed by atoms with Crippen molar-refractivity contribution in [3.63, 3.8) is 0 Å². The maximum absolute atomic E-state index is 10.9. The van der Waals surface area contributed by atoms with E-state index in [9.17, 15) is 9.59 Å². The summed E-state index contributed by atoms with van der Waals surface area (Å²) in [5.74, 6) is -1.11. The molecule has 0 radical (unpaired) electrons. The van der Waals surface area contributed by atoms with E-state index in [0.29, 0.717) is 12.1 Å². The number of carbonyl (C=O) groups excluding carboxylic acids is 2. The Labute approximate surface area is 87.5 Å². The van der Waals surface area contributed by atoms with Gasteiger partial charge < -0.3 is 5.32 Å². The molecule has 4 nitrogen and oxygen atoms in total. The molecule has 0 spiro atoms. The van der Waals surface area contributed by atoms with E-state index in [1.54, 1.807) is 24.3 Å². The Bertz CT molecular complexity index is 415. The van der Waals surface area contributed by atoms with Crippen molar-refractivity contribution in [1.82, 2.24) is 5.32 Å². The largest absolute Gasteiger partial charge is 0.345 e. The van der Waals surface area contributed by atoms with Crippen molar-refractivity contribution in [2.24, 2.45) is 0 Å². The first-order valence-electron chi connectivity index (χ1n) is 4.41. The molecule has 0 aromatic heterocycles. The Balaban J connectivity index is 2.56. The summed E-state index contributed by atoms with van der Waals surface area (Å²) in [5.41, 5.74) is 1.42. The molecule has 0 fully saturated rings. The lowest BCUT2D eigenvalue weighted by molar-refractivity contribution is -0.136. The van der Waals surface area contributed by atoms with Crippen molar-refractivity contribution in [2.75, 3.05) is 0 Å². The molecule has 0 bridgehead atoms. The molecule has 0 unspecified atom stereocenters. The molecule has 0 saturated carbocycles. The summed E-state index contributed by atoms with van der Waals surface area (Å²) in [5, 5.41) is 11.0. The molecule has 0 aliphatic rings. The van der Waals surface area contributed by atoms with Gasteiger partial charge in [0.25, 0.3) is 5.91 Å². The lowest BCUT2D eigenvalue weighted by Gasteiger charge is -2.02. The van der Waals surface area contributed by atoms with Crippen molar-refractivity contribution in [2.45, 2.75) is 13.5 Å². The first kappa shape index (κ1) is 10.9. The molecule has 1 N–H and O–H groups in total. The van der Waals surface area contributed by atoms with Gasteiger partial charge in [-0.05, 0) is 17.7 Å². The van der Waals surface area contributed by atoms with Crippen LogP contribution in [0.2, 0.25) is 0 Å². The summed E-state index contributed by atoms with van der Waals surface area (Å²) >= 11 is 0. The Morgan fingerprint density at radius 2 is 1.93 bits per heavy atom. The molecule has 0 heterocycles. The molecule has 76 valence electrons. The van der Waals surface area contributed by atoms with Gasteiger partial charge in [0.2, 0.25) is 5.78 Å².